The lowest BCUT2D eigenvalue weighted by atomic mass is 10.1. The molecule has 1 aromatic carbocycles. The van der Waals surface area contributed by atoms with Crippen LogP contribution in [0.3, 0.4) is 0 Å². The Bertz CT molecular complexity index is 850. The molecule has 4 aliphatic rings. The van der Waals surface area contributed by atoms with Gasteiger partial charge in [-0.3, -0.25) is 9.79 Å². The second-order valence-corrected chi connectivity index (χ2v) is 9.24. The van der Waals surface area contributed by atoms with Crippen LogP contribution in [-0.2, 0) is 9.53 Å². The van der Waals surface area contributed by atoms with Gasteiger partial charge < -0.3 is 15.0 Å². The fourth-order valence-corrected chi connectivity index (χ4v) is 4.10. The normalized spacial score (nSPS) is 24.6. The van der Waals surface area contributed by atoms with Crippen molar-refractivity contribution >= 4 is 18.1 Å². The van der Waals surface area contributed by atoms with E-state index in [9.17, 15) is 9.18 Å². The van der Waals surface area contributed by atoms with Crippen LogP contribution in [0, 0.1) is 5.82 Å². The minimum absolute atomic E-state index is 0.00916. The van der Waals surface area contributed by atoms with Crippen LogP contribution < -0.4 is 5.32 Å². The molecule has 2 unspecified atom stereocenters. The minimum Gasteiger partial charge on any atom is -0.371 e. The van der Waals surface area contributed by atoms with Crippen LogP contribution in [0.5, 0.6) is 0 Å². The molecule has 0 bridgehead atoms. The van der Waals surface area contributed by atoms with Gasteiger partial charge in [0.2, 0.25) is 6.41 Å². The summed E-state index contributed by atoms with van der Waals surface area (Å²) in [5.41, 5.74) is 0.00916. The Hall–Kier alpha value is -2.74. The van der Waals surface area contributed by atoms with E-state index in [1.807, 2.05) is 5.01 Å². The summed E-state index contributed by atoms with van der Waals surface area (Å²) in [6.07, 6.45) is 9.84. The molecule has 2 saturated heterocycles. The standard InChI is InChI=1S/C11H16N4.C8H15NO2.C6H5F/c1-9-8-12-10-4-5-11(13-15(9)10)14-6-2-3-7-14;1-8(2)4-3-7(11-8)5-9-6-10;7-6-4-2-1-3-5-6/h4-5,9H,2-3,6-8H2,1H3;6-7H,3-5H2,1-2H3,(H,9,10);1-5H. The molecule has 4 aliphatic heterocycles. The van der Waals surface area contributed by atoms with Gasteiger partial charge in [-0.1, -0.05) is 18.2 Å². The van der Waals surface area contributed by atoms with E-state index in [-0.39, 0.29) is 17.5 Å². The highest BCUT2D eigenvalue weighted by molar-refractivity contribution is 6.05. The zero-order valence-corrected chi connectivity index (χ0v) is 19.9. The van der Waals surface area contributed by atoms with Crippen LogP contribution in [0.15, 0.2) is 52.6 Å². The summed E-state index contributed by atoms with van der Waals surface area (Å²) in [4.78, 5) is 16.7. The van der Waals surface area contributed by atoms with Gasteiger partial charge in [0, 0.05) is 19.6 Å². The molecule has 1 amide bonds. The van der Waals surface area contributed by atoms with E-state index >= 15 is 0 Å². The number of nitrogens with zero attached hydrogens (tertiary/aromatic N) is 4. The van der Waals surface area contributed by atoms with Crippen molar-refractivity contribution < 1.29 is 13.9 Å². The molecule has 0 spiro atoms. The van der Waals surface area contributed by atoms with Crippen LogP contribution in [-0.4, -0.2) is 71.9 Å². The third kappa shape index (κ3) is 7.67. The number of aliphatic imine (C=N–C) groups is 1. The quantitative estimate of drug-likeness (QED) is 0.705. The number of benzene rings is 1. The first-order valence-electron chi connectivity index (χ1n) is 11.8. The van der Waals surface area contributed by atoms with Gasteiger partial charge in [0.05, 0.1) is 24.3 Å². The molecule has 7 nitrogen and oxygen atoms in total. The molecule has 4 heterocycles. The fraction of sp³-hybridized carbons (Fsp3) is 0.560. The first kappa shape index (κ1) is 24.9. The zero-order valence-electron chi connectivity index (χ0n) is 19.9. The third-order valence-corrected chi connectivity index (χ3v) is 5.91. The number of rotatable bonds is 3. The molecular weight excluding hydrogens is 421 g/mol. The average molecular weight is 458 g/mol. The number of hydrogen-bond donors (Lipinski definition) is 1. The summed E-state index contributed by atoms with van der Waals surface area (Å²) in [5, 5.41) is 9.34. The lowest BCUT2D eigenvalue weighted by molar-refractivity contribution is -0.110. The van der Waals surface area contributed by atoms with Gasteiger partial charge in [0.25, 0.3) is 0 Å². The summed E-state index contributed by atoms with van der Waals surface area (Å²) in [5.74, 6) is 1.95. The number of carbonyl (C=O) groups excluding carboxylic acids is 1. The maximum atomic E-state index is 11.9. The number of nitrogens with one attached hydrogen (secondary N) is 1. The molecule has 180 valence electrons. The highest BCUT2D eigenvalue weighted by Gasteiger charge is 2.31. The lowest BCUT2D eigenvalue weighted by Crippen LogP contribution is -2.37. The van der Waals surface area contributed by atoms with E-state index in [0.717, 1.165) is 44.1 Å². The molecule has 0 aromatic heterocycles. The monoisotopic (exact) mass is 457 g/mol. The molecule has 0 saturated carbocycles. The van der Waals surface area contributed by atoms with E-state index in [1.54, 1.807) is 18.2 Å². The van der Waals surface area contributed by atoms with Crippen LogP contribution in [0.2, 0.25) is 0 Å². The highest BCUT2D eigenvalue weighted by atomic mass is 19.1. The van der Waals surface area contributed by atoms with Crippen molar-refractivity contribution in [1.29, 1.82) is 0 Å². The van der Waals surface area contributed by atoms with Gasteiger partial charge in [-0.25, -0.2) is 9.40 Å². The van der Waals surface area contributed by atoms with Gasteiger partial charge in [-0.05, 0) is 70.7 Å². The van der Waals surface area contributed by atoms with E-state index in [4.69, 9.17) is 4.74 Å². The summed E-state index contributed by atoms with van der Waals surface area (Å²) in [6, 6.07) is 8.36. The Morgan fingerprint density at radius 3 is 2.45 bits per heavy atom. The molecule has 2 fully saturated rings. The second kappa shape index (κ2) is 11.9. The summed E-state index contributed by atoms with van der Waals surface area (Å²) in [7, 11) is 0. The predicted molar refractivity (Wildman–Crippen MR) is 130 cm³/mol. The first-order chi connectivity index (χ1) is 15.9. The maximum absolute atomic E-state index is 11.9. The van der Waals surface area contributed by atoms with Crippen LogP contribution in [0.4, 0.5) is 4.39 Å². The van der Waals surface area contributed by atoms with Crippen LogP contribution >= 0.6 is 0 Å². The number of amidine groups is 2. The summed E-state index contributed by atoms with van der Waals surface area (Å²) >= 11 is 0. The Kier molecular flexibility index (Phi) is 9.00. The summed E-state index contributed by atoms with van der Waals surface area (Å²) < 4.78 is 17.5. The molecule has 1 aromatic rings. The summed E-state index contributed by atoms with van der Waals surface area (Å²) in [6.45, 7) is 10.1. The number of hydrazone groups is 1. The van der Waals surface area contributed by atoms with Crippen molar-refractivity contribution in [2.24, 2.45) is 10.1 Å². The van der Waals surface area contributed by atoms with Gasteiger partial charge in [-0.15, -0.1) is 0 Å². The number of ether oxygens (including phenoxy) is 1. The van der Waals surface area contributed by atoms with Crippen LogP contribution in [0.25, 0.3) is 0 Å². The fourth-order valence-electron chi connectivity index (χ4n) is 4.10. The second-order valence-electron chi connectivity index (χ2n) is 9.24. The molecule has 0 aliphatic carbocycles. The molecule has 5 rings (SSSR count). The topological polar surface area (TPSA) is 69.5 Å². The van der Waals surface area contributed by atoms with E-state index < -0.39 is 0 Å². The first-order valence-corrected chi connectivity index (χ1v) is 11.8. The molecule has 8 heteroatoms. The lowest BCUT2D eigenvalue weighted by Gasteiger charge is -2.26. The number of carbonyl (C=O) groups is 1. The number of halogens is 1. The van der Waals surface area contributed by atoms with Crippen molar-refractivity contribution in [2.75, 3.05) is 26.2 Å². The molecule has 2 atom stereocenters. The maximum Gasteiger partial charge on any atom is 0.207 e. The number of hydrogen-bond acceptors (Lipinski definition) is 6. The minimum atomic E-state index is -0.178. The number of likely N-dealkylation sites (tertiary alicyclic amines) is 1. The highest BCUT2D eigenvalue weighted by Crippen LogP contribution is 2.28. The average Bonchev–Trinajstić information content (AvgIpc) is 3.54. The van der Waals surface area contributed by atoms with Crippen molar-refractivity contribution in [1.82, 2.24) is 15.2 Å². The predicted octanol–water partition coefficient (Wildman–Crippen LogP) is 3.58. The van der Waals surface area contributed by atoms with Gasteiger partial charge >= 0.3 is 0 Å². The Balaban J connectivity index is 0.000000150. The van der Waals surface area contributed by atoms with Gasteiger partial charge in [0.15, 0.2) is 0 Å². The van der Waals surface area contributed by atoms with Gasteiger partial charge in [-0.2, -0.15) is 5.10 Å². The molecule has 33 heavy (non-hydrogen) atoms. The molecule has 0 radical (unpaired) electrons. The molecule has 1 N–H and O–H groups in total. The Morgan fingerprint density at radius 1 is 1.18 bits per heavy atom. The number of amides is 1. The largest absolute Gasteiger partial charge is 0.371 e. The van der Waals surface area contributed by atoms with Crippen molar-refractivity contribution in [3.63, 3.8) is 0 Å². The molecular formula is C25H36FN5O2. The van der Waals surface area contributed by atoms with E-state index in [2.05, 4.69) is 53.2 Å². The number of fused-ring (bicyclic) bond motifs is 1. The zero-order chi connectivity index (χ0) is 23.7. The Morgan fingerprint density at radius 2 is 1.88 bits per heavy atom. The van der Waals surface area contributed by atoms with Crippen LogP contribution in [0.1, 0.15) is 46.5 Å². The Labute approximate surface area is 196 Å². The smallest absolute Gasteiger partial charge is 0.207 e. The van der Waals surface area contributed by atoms with E-state index in [0.29, 0.717) is 19.0 Å². The third-order valence-electron chi connectivity index (χ3n) is 5.91. The van der Waals surface area contributed by atoms with Crippen molar-refractivity contribution in [2.45, 2.75) is 64.2 Å². The van der Waals surface area contributed by atoms with Crippen molar-refractivity contribution in [3.05, 3.63) is 48.3 Å². The van der Waals surface area contributed by atoms with Gasteiger partial charge in [0.1, 0.15) is 17.5 Å². The van der Waals surface area contributed by atoms with Crippen molar-refractivity contribution in [3.8, 4) is 0 Å². The van der Waals surface area contributed by atoms with E-state index in [1.165, 1.54) is 25.0 Å². The SMILES string of the molecule is CC1(C)CCC(CNC=O)O1.CC1CN=C2C=CC(N3CCCC3)=NN21.Fc1ccccc1.